The number of halogens is 1. The molecular weight excluding hydrogens is 374 g/mol. The molecule has 1 atom stereocenters. The Balaban J connectivity index is 2.06. The van der Waals surface area contributed by atoms with Gasteiger partial charge in [-0.15, -0.1) is 0 Å². The number of amides is 2. The van der Waals surface area contributed by atoms with Crippen LogP contribution in [0.25, 0.3) is 0 Å². The van der Waals surface area contributed by atoms with E-state index in [1.54, 1.807) is 22.1 Å². The van der Waals surface area contributed by atoms with Crippen molar-refractivity contribution in [1.82, 2.24) is 14.8 Å². The largest absolute Gasteiger partial charge is 0.444 e. The van der Waals surface area contributed by atoms with Crippen molar-refractivity contribution in [3.05, 3.63) is 28.0 Å². The molecule has 1 saturated heterocycles. The lowest BCUT2D eigenvalue weighted by Gasteiger charge is -2.40. The van der Waals surface area contributed by atoms with E-state index in [0.717, 1.165) is 4.47 Å². The van der Waals surface area contributed by atoms with Crippen LogP contribution in [0, 0.1) is 6.92 Å². The van der Waals surface area contributed by atoms with Crippen molar-refractivity contribution in [3.8, 4) is 0 Å². The summed E-state index contributed by atoms with van der Waals surface area (Å²) in [5.41, 5.74) is 0.760. The number of hydrogen-bond acceptors (Lipinski definition) is 4. The molecule has 2 heterocycles. The zero-order valence-corrected chi connectivity index (χ0v) is 16.4. The monoisotopic (exact) mass is 397 g/mol. The molecule has 1 aliphatic rings. The van der Waals surface area contributed by atoms with Crippen LogP contribution in [0.3, 0.4) is 0 Å². The summed E-state index contributed by atoms with van der Waals surface area (Å²) >= 11 is 3.35. The molecule has 0 radical (unpaired) electrons. The van der Waals surface area contributed by atoms with E-state index < -0.39 is 5.60 Å². The highest BCUT2D eigenvalue weighted by atomic mass is 79.9. The van der Waals surface area contributed by atoms with E-state index in [4.69, 9.17) is 4.74 Å². The van der Waals surface area contributed by atoms with Gasteiger partial charge in [-0.25, -0.2) is 4.79 Å². The first-order valence-corrected chi connectivity index (χ1v) is 8.79. The summed E-state index contributed by atoms with van der Waals surface area (Å²) < 4.78 is 6.21. The fourth-order valence-electron chi connectivity index (χ4n) is 2.63. The molecule has 24 heavy (non-hydrogen) atoms. The third-order valence-corrected chi connectivity index (χ3v) is 4.26. The highest BCUT2D eigenvalue weighted by Crippen LogP contribution is 2.19. The summed E-state index contributed by atoms with van der Waals surface area (Å²) in [5.74, 6) is -0.0583. The van der Waals surface area contributed by atoms with Crippen LogP contribution in [-0.2, 0) is 4.74 Å². The van der Waals surface area contributed by atoms with Gasteiger partial charge in [-0.1, -0.05) is 0 Å². The molecule has 1 fully saturated rings. The van der Waals surface area contributed by atoms with E-state index in [1.165, 1.54) is 0 Å². The predicted octanol–water partition coefficient (Wildman–Crippen LogP) is 3.23. The molecule has 0 bridgehead atoms. The molecule has 1 aliphatic heterocycles. The zero-order chi connectivity index (χ0) is 18.1. The summed E-state index contributed by atoms with van der Waals surface area (Å²) in [4.78, 5) is 32.7. The Kier molecular flexibility index (Phi) is 5.52. The first kappa shape index (κ1) is 18.7. The predicted molar refractivity (Wildman–Crippen MR) is 95.0 cm³/mol. The van der Waals surface area contributed by atoms with E-state index in [9.17, 15) is 9.59 Å². The van der Waals surface area contributed by atoms with Crippen LogP contribution in [0.1, 0.15) is 43.7 Å². The quantitative estimate of drug-likeness (QED) is 0.729. The van der Waals surface area contributed by atoms with Gasteiger partial charge < -0.3 is 14.5 Å². The Morgan fingerprint density at radius 2 is 2.00 bits per heavy atom. The van der Waals surface area contributed by atoms with Gasteiger partial charge in [-0.3, -0.25) is 9.78 Å². The maximum absolute atomic E-state index is 12.8. The lowest BCUT2D eigenvalue weighted by atomic mass is 10.1. The second-order valence-corrected chi connectivity index (χ2v) is 7.98. The number of nitrogens with zero attached hydrogens (tertiary/aromatic N) is 3. The van der Waals surface area contributed by atoms with E-state index >= 15 is 0 Å². The van der Waals surface area contributed by atoms with Crippen molar-refractivity contribution >= 4 is 27.9 Å². The number of ether oxygens (including phenoxy) is 1. The maximum Gasteiger partial charge on any atom is 0.410 e. The molecule has 0 aromatic carbocycles. The van der Waals surface area contributed by atoms with Gasteiger partial charge in [-0.2, -0.15) is 0 Å². The van der Waals surface area contributed by atoms with Crippen molar-refractivity contribution in [1.29, 1.82) is 0 Å². The lowest BCUT2D eigenvalue weighted by Crippen LogP contribution is -2.56. The fourth-order valence-corrected chi connectivity index (χ4v) is 2.96. The molecule has 132 valence electrons. The van der Waals surface area contributed by atoms with Crippen LogP contribution in [0.15, 0.2) is 16.7 Å². The van der Waals surface area contributed by atoms with E-state index in [1.807, 2.05) is 34.6 Å². The number of pyridine rings is 1. The van der Waals surface area contributed by atoms with E-state index in [2.05, 4.69) is 20.9 Å². The number of rotatable bonds is 1. The number of piperazine rings is 1. The molecule has 0 aliphatic carbocycles. The number of aryl methyl sites for hydroxylation is 1. The van der Waals surface area contributed by atoms with Gasteiger partial charge in [0, 0.05) is 36.3 Å². The topological polar surface area (TPSA) is 62.7 Å². The van der Waals surface area contributed by atoms with Crippen LogP contribution in [0.5, 0.6) is 0 Å². The molecule has 1 aromatic heterocycles. The Hall–Kier alpha value is -1.63. The number of hydrogen-bond donors (Lipinski definition) is 0. The second kappa shape index (κ2) is 7.09. The zero-order valence-electron chi connectivity index (χ0n) is 14.8. The van der Waals surface area contributed by atoms with E-state index in [-0.39, 0.29) is 18.0 Å². The van der Waals surface area contributed by atoms with Crippen LogP contribution in [0.4, 0.5) is 4.79 Å². The number of carbonyl (C=O) groups is 2. The average Bonchev–Trinajstić information content (AvgIpc) is 2.47. The second-order valence-electron chi connectivity index (χ2n) is 7.06. The van der Waals surface area contributed by atoms with Crippen molar-refractivity contribution in [2.24, 2.45) is 0 Å². The third-order valence-electron chi connectivity index (χ3n) is 3.83. The van der Waals surface area contributed by atoms with Crippen molar-refractivity contribution in [2.75, 3.05) is 19.6 Å². The number of aromatic nitrogens is 1. The van der Waals surface area contributed by atoms with Gasteiger partial charge in [0.1, 0.15) is 5.60 Å². The molecule has 0 saturated carbocycles. The van der Waals surface area contributed by atoms with Gasteiger partial charge in [0.15, 0.2) is 0 Å². The summed E-state index contributed by atoms with van der Waals surface area (Å²) in [7, 11) is 0. The Morgan fingerprint density at radius 1 is 1.33 bits per heavy atom. The summed E-state index contributed by atoms with van der Waals surface area (Å²) in [5, 5.41) is 0. The first-order valence-electron chi connectivity index (χ1n) is 7.99. The highest BCUT2D eigenvalue weighted by molar-refractivity contribution is 9.10. The summed E-state index contributed by atoms with van der Waals surface area (Å²) in [6, 6.07) is 1.69. The molecule has 6 nitrogen and oxygen atoms in total. The third kappa shape index (κ3) is 4.47. The Morgan fingerprint density at radius 3 is 2.58 bits per heavy atom. The molecule has 2 rings (SSSR count). The van der Waals surface area contributed by atoms with Gasteiger partial charge in [0.05, 0.1) is 11.3 Å². The van der Waals surface area contributed by atoms with Gasteiger partial charge in [0.2, 0.25) is 0 Å². The van der Waals surface area contributed by atoms with Gasteiger partial charge in [0.25, 0.3) is 5.91 Å². The van der Waals surface area contributed by atoms with Crippen LogP contribution < -0.4 is 0 Å². The minimum absolute atomic E-state index is 0.0583. The van der Waals surface area contributed by atoms with Gasteiger partial charge in [-0.05, 0) is 56.6 Å². The average molecular weight is 398 g/mol. The van der Waals surface area contributed by atoms with Gasteiger partial charge >= 0.3 is 6.09 Å². The normalized spacial score (nSPS) is 18.5. The molecule has 1 aromatic rings. The summed E-state index contributed by atoms with van der Waals surface area (Å²) in [6.45, 7) is 10.7. The van der Waals surface area contributed by atoms with Crippen molar-refractivity contribution in [2.45, 2.75) is 46.3 Å². The molecule has 0 spiro atoms. The Labute approximate surface area is 151 Å². The Bertz CT molecular complexity index is 642. The SMILES string of the molecule is Cc1ncc(Br)cc1C(=O)N1CCN(C(=O)OC(C)(C)C)[C@H](C)C1. The minimum Gasteiger partial charge on any atom is -0.444 e. The molecule has 7 heteroatoms. The summed E-state index contributed by atoms with van der Waals surface area (Å²) in [6.07, 6.45) is 1.34. The smallest absolute Gasteiger partial charge is 0.410 e. The maximum atomic E-state index is 12.8. The van der Waals surface area contributed by atoms with Crippen LogP contribution >= 0.6 is 15.9 Å². The van der Waals surface area contributed by atoms with Crippen molar-refractivity contribution in [3.63, 3.8) is 0 Å². The van der Waals surface area contributed by atoms with Crippen LogP contribution in [-0.4, -0.2) is 58.1 Å². The molecule has 2 amide bonds. The minimum atomic E-state index is -0.525. The molecule has 0 N–H and O–H groups in total. The molecular formula is C17H24BrN3O3. The standard InChI is InChI=1S/C17H24BrN3O3/c1-11-10-20(6-7-21(11)16(23)24-17(3,4)5)15(22)14-8-13(18)9-19-12(14)2/h8-9,11H,6-7,10H2,1-5H3/t11-/m1/s1. The van der Waals surface area contributed by atoms with Crippen LogP contribution in [0.2, 0.25) is 0 Å². The number of carbonyl (C=O) groups excluding carboxylic acids is 2. The van der Waals surface area contributed by atoms with Crippen molar-refractivity contribution < 1.29 is 14.3 Å². The highest BCUT2D eigenvalue weighted by Gasteiger charge is 2.33. The first-order chi connectivity index (χ1) is 11.1. The fraction of sp³-hybridized carbons (Fsp3) is 0.588. The van der Waals surface area contributed by atoms with E-state index in [0.29, 0.717) is 30.9 Å². The molecule has 0 unspecified atom stereocenters. The lowest BCUT2D eigenvalue weighted by molar-refractivity contribution is 0.00196.